The summed E-state index contributed by atoms with van der Waals surface area (Å²) in [4.78, 5) is 12.7. The smallest absolute Gasteiger partial charge is 0.194 e. The Hall–Kier alpha value is -1.87. The zero-order chi connectivity index (χ0) is 24.7. The summed E-state index contributed by atoms with van der Waals surface area (Å²) >= 11 is 12.7. The summed E-state index contributed by atoms with van der Waals surface area (Å²) < 4.78 is 16.4. The third-order valence-electron chi connectivity index (χ3n) is 5.58. The summed E-state index contributed by atoms with van der Waals surface area (Å²) in [6, 6.07) is 11.1. The summed E-state index contributed by atoms with van der Waals surface area (Å²) in [7, 11) is 1.64. The second kappa shape index (κ2) is 12.2. The average molecular weight is 511 g/mol. The zero-order valence-corrected chi connectivity index (χ0v) is 21.2. The molecule has 0 aromatic heterocycles. The van der Waals surface area contributed by atoms with Gasteiger partial charge in [0.25, 0.3) is 0 Å². The normalized spacial score (nSPS) is 17.3. The van der Waals surface area contributed by atoms with E-state index in [0.717, 1.165) is 17.7 Å². The molecular formula is C25H32Cl2N2O5. The van der Waals surface area contributed by atoms with Crippen LogP contribution in [-0.2, 0) is 11.2 Å². The number of morpholine rings is 1. The van der Waals surface area contributed by atoms with Crippen molar-refractivity contribution in [3.05, 3.63) is 57.6 Å². The van der Waals surface area contributed by atoms with Crippen molar-refractivity contribution in [2.45, 2.75) is 38.0 Å². The Balaban J connectivity index is 1.51. The highest BCUT2D eigenvalue weighted by molar-refractivity contribution is 6.44. The van der Waals surface area contributed by atoms with Crippen LogP contribution in [0.15, 0.2) is 36.4 Å². The fourth-order valence-corrected chi connectivity index (χ4v) is 4.16. The molecule has 1 heterocycles. The summed E-state index contributed by atoms with van der Waals surface area (Å²) in [6.07, 6.45) is -0.585. The molecule has 0 radical (unpaired) electrons. The summed E-state index contributed by atoms with van der Waals surface area (Å²) in [5.41, 5.74) is 1.21. The third kappa shape index (κ3) is 7.31. The molecule has 0 saturated carbocycles. The van der Waals surface area contributed by atoms with E-state index < -0.39 is 12.2 Å². The molecule has 2 aromatic carbocycles. The van der Waals surface area contributed by atoms with Gasteiger partial charge in [0.2, 0.25) is 0 Å². The lowest BCUT2D eigenvalue weighted by atomic mass is 9.94. The Kier molecular flexibility index (Phi) is 9.59. The minimum Gasteiger partial charge on any atom is -0.497 e. The molecule has 1 saturated heterocycles. The second-order valence-corrected chi connectivity index (χ2v) is 9.68. The molecular weight excluding hydrogens is 479 g/mol. The maximum Gasteiger partial charge on any atom is 0.194 e. The SMILES string of the molecule is COc1ccc(CC(C)(C)NC[C@@H](O)COc2ccc(C(=O)C3CNCCO3)c(Cl)c2Cl)cc1. The van der Waals surface area contributed by atoms with Crippen molar-refractivity contribution in [1.29, 1.82) is 0 Å². The van der Waals surface area contributed by atoms with E-state index in [9.17, 15) is 9.90 Å². The number of aliphatic hydroxyl groups is 1. The van der Waals surface area contributed by atoms with Crippen molar-refractivity contribution >= 4 is 29.0 Å². The number of carbonyl (C=O) groups excluding carboxylic acids is 1. The van der Waals surface area contributed by atoms with E-state index >= 15 is 0 Å². The van der Waals surface area contributed by atoms with E-state index in [-0.39, 0.29) is 33.5 Å². The first-order valence-electron chi connectivity index (χ1n) is 11.2. The lowest BCUT2D eigenvalue weighted by molar-refractivity contribution is 0.0269. The van der Waals surface area contributed by atoms with Gasteiger partial charge in [0.15, 0.2) is 5.78 Å². The molecule has 1 unspecified atom stereocenters. The molecule has 0 amide bonds. The fraction of sp³-hybridized carbons (Fsp3) is 0.480. The van der Waals surface area contributed by atoms with Crippen molar-refractivity contribution in [2.75, 3.05) is 40.0 Å². The minimum atomic E-state index is -0.770. The van der Waals surface area contributed by atoms with Crippen LogP contribution in [0.5, 0.6) is 11.5 Å². The number of carbonyl (C=O) groups is 1. The number of Topliss-reactive ketones (excluding diaryl/α,β-unsaturated/α-hetero) is 1. The molecule has 2 aromatic rings. The van der Waals surface area contributed by atoms with Crippen molar-refractivity contribution in [1.82, 2.24) is 10.6 Å². The van der Waals surface area contributed by atoms with Crippen LogP contribution < -0.4 is 20.1 Å². The molecule has 3 N–H and O–H groups in total. The first kappa shape index (κ1) is 26.7. The number of hydrogen-bond donors (Lipinski definition) is 3. The van der Waals surface area contributed by atoms with Crippen LogP contribution in [0.3, 0.4) is 0 Å². The second-order valence-electron chi connectivity index (χ2n) is 8.92. The topological polar surface area (TPSA) is 89.0 Å². The molecule has 1 aliphatic rings. The van der Waals surface area contributed by atoms with Gasteiger partial charge in [-0.1, -0.05) is 35.3 Å². The Morgan fingerprint density at radius 2 is 1.97 bits per heavy atom. The molecule has 3 rings (SSSR count). The maximum atomic E-state index is 12.7. The van der Waals surface area contributed by atoms with E-state index in [1.165, 1.54) is 0 Å². The van der Waals surface area contributed by atoms with Crippen LogP contribution in [0.25, 0.3) is 0 Å². The van der Waals surface area contributed by atoms with Crippen molar-refractivity contribution < 1.29 is 24.1 Å². The largest absolute Gasteiger partial charge is 0.497 e. The van der Waals surface area contributed by atoms with Gasteiger partial charge in [-0.25, -0.2) is 0 Å². The first-order chi connectivity index (χ1) is 16.2. The van der Waals surface area contributed by atoms with Crippen LogP contribution >= 0.6 is 23.2 Å². The van der Waals surface area contributed by atoms with Crippen molar-refractivity contribution in [2.24, 2.45) is 0 Å². The van der Waals surface area contributed by atoms with E-state index in [0.29, 0.717) is 32.0 Å². The molecule has 0 spiro atoms. The van der Waals surface area contributed by atoms with E-state index in [1.54, 1.807) is 19.2 Å². The molecule has 7 nitrogen and oxygen atoms in total. The molecule has 1 fully saturated rings. The summed E-state index contributed by atoms with van der Waals surface area (Å²) in [5, 5.41) is 17.2. The number of rotatable bonds is 11. The van der Waals surface area contributed by atoms with Gasteiger partial charge in [0, 0.05) is 30.7 Å². The van der Waals surface area contributed by atoms with Gasteiger partial charge in [-0.15, -0.1) is 0 Å². The Bertz CT molecular complexity index is 963. The van der Waals surface area contributed by atoms with Gasteiger partial charge in [0.1, 0.15) is 35.3 Å². The minimum absolute atomic E-state index is 0.0185. The van der Waals surface area contributed by atoms with Gasteiger partial charge in [-0.3, -0.25) is 4.79 Å². The monoisotopic (exact) mass is 510 g/mol. The van der Waals surface area contributed by atoms with Crippen LogP contribution in [0.2, 0.25) is 10.0 Å². The highest BCUT2D eigenvalue weighted by Gasteiger charge is 2.27. The first-order valence-corrected chi connectivity index (χ1v) is 12.0. The molecule has 1 aliphatic heterocycles. The predicted octanol–water partition coefficient (Wildman–Crippen LogP) is 3.52. The average Bonchev–Trinajstić information content (AvgIpc) is 2.84. The number of aliphatic hydroxyl groups excluding tert-OH is 1. The van der Waals surface area contributed by atoms with Crippen LogP contribution in [-0.4, -0.2) is 68.6 Å². The number of nitrogens with one attached hydrogen (secondary N) is 2. The van der Waals surface area contributed by atoms with Gasteiger partial charge in [-0.05, 0) is 50.1 Å². The lowest BCUT2D eigenvalue weighted by Crippen LogP contribution is -2.46. The van der Waals surface area contributed by atoms with Crippen LogP contribution in [0.4, 0.5) is 0 Å². The fourth-order valence-electron chi connectivity index (χ4n) is 3.70. The van der Waals surface area contributed by atoms with Crippen molar-refractivity contribution in [3.63, 3.8) is 0 Å². The van der Waals surface area contributed by atoms with Crippen LogP contribution in [0, 0.1) is 0 Å². The van der Waals surface area contributed by atoms with E-state index in [4.69, 9.17) is 37.4 Å². The Labute approximate surface area is 210 Å². The number of benzene rings is 2. The maximum absolute atomic E-state index is 12.7. The highest BCUT2D eigenvalue weighted by Crippen LogP contribution is 2.35. The predicted molar refractivity (Wildman–Crippen MR) is 134 cm³/mol. The number of ketones is 1. The molecule has 186 valence electrons. The third-order valence-corrected chi connectivity index (χ3v) is 6.45. The lowest BCUT2D eigenvalue weighted by Gasteiger charge is -2.28. The Morgan fingerprint density at radius 3 is 2.62 bits per heavy atom. The molecule has 0 aliphatic carbocycles. The summed E-state index contributed by atoms with van der Waals surface area (Å²) in [5.74, 6) is 0.897. The number of ether oxygens (including phenoxy) is 3. The quantitative estimate of drug-likeness (QED) is 0.398. The molecule has 0 bridgehead atoms. The van der Waals surface area contributed by atoms with E-state index in [2.05, 4.69) is 24.5 Å². The molecule has 9 heteroatoms. The Morgan fingerprint density at radius 1 is 1.24 bits per heavy atom. The zero-order valence-electron chi connectivity index (χ0n) is 19.7. The number of β-amino-alcohol motifs (C(OH)–C–C–N with tert-alkyl or cyclic N) is 1. The number of hydrogen-bond acceptors (Lipinski definition) is 7. The number of halogens is 2. The highest BCUT2D eigenvalue weighted by atomic mass is 35.5. The van der Waals surface area contributed by atoms with E-state index in [1.807, 2.05) is 24.3 Å². The van der Waals surface area contributed by atoms with Gasteiger partial charge in [-0.2, -0.15) is 0 Å². The summed E-state index contributed by atoms with van der Waals surface area (Å²) in [6.45, 7) is 6.10. The van der Waals surface area contributed by atoms with Crippen LogP contribution in [0.1, 0.15) is 29.8 Å². The van der Waals surface area contributed by atoms with Gasteiger partial charge in [0.05, 0.1) is 18.7 Å². The molecule has 34 heavy (non-hydrogen) atoms. The number of methoxy groups -OCH3 is 1. The standard InChI is InChI=1S/C25H32Cl2N2O5/c1-25(2,12-16-4-6-18(32-3)7-5-16)29-13-17(30)15-34-20-9-8-19(22(26)23(20)27)24(31)21-14-28-10-11-33-21/h4-9,17,21,28-30H,10-15H2,1-3H3/t17-,21?/m1/s1. The molecule has 2 atom stereocenters. The van der Waals surface area contributed by atoms with Crippen molar-refractivity contribution in [3.8, 4) is 11.5 Å². The van der Waals surface area contributed by atoms with Gasteiger partial charge < -0.3 is 30.0 Å². The van der Waals surface area contributed by atoms with Gasteiger partial charge >= 0.3 is 0 Å².